The number of anilines is 1. The zero-order valence-corrected chi connectivity index (χ0v) is 14.0. The van der Waals surface area contributed by atoms with Gasteiger partial charge in [-0.05, 0) is 50.1 Å². The van der Waals surface area contributed by atoms with Crippen molar-refractivity contribution in [3.8, 4) is 11.3 Å². The maximum absolute atomic E-state index is 12.5. The molecular weight excluding hydrogens is 310 g/mol. The Balaban J connectivity index is 1.80. The molecule has 1 aliphatic heterocycles. The van der Waals surface area contributed by atoms with Crippen molar-refractivity contribution in [3.05, 3.63) is 47.6 Å². The van der Waals surface area contributed by atoms with Crippen LogP contribution in [0, 0.1) is 0 Å². The lowest BCUT2D eigenvalue weighted by Gasteiger charge is -2.46. The highest BCUT2D eigenvalue weighted by Gasteiger charge is 2.37. The fourth-order valence-corrected chi connectivity index (χ4v) is 3.30. The number of urea groups is 1. The third-order valence-corrected chi connectivity index (χ3v) is 4.68. The Labute approximate surface area is 141 Å². The molecule has 120 valence electrons. The minimum Gasteiger partial charge on any atom is -0.319 e. The zero-order valence-electron chi connectivity index (χ0n) is 13.3. The Bertz CT molecular complexity index is 705. The van der Waals surface area contributed by atoms with Crippen molar-refractivity contribution < 1.29 is 4.79 Å². The zero-order chi connectivity index (χ0) is 16.4. The van der Waals surface area contributed by atoms with Gasteiger partial charge in [0.1, 0.15) is 0 Å². The second-order valence-corrected chi connectivity index (χ2v) is 6.30. The molecule has 4 nitrogen and oxygen atoms in total. The highest BCUT2D eigenvalue weighted by molar-refractivity contribution is 6.33. The summed E-state index contributed by atoms with van der Waals surface area (Å²) in [6, 6.07) is 11.7. The SMILES string of the molecule is CCC1CC(C)N1C(=O)Nc1ccc(Cl)c(-c2ccccn2)c1. The van der Waals surface area contributed by atoms with Crippen LogP contribution in [-0.4, -0.2) is 28.0 Å². The Morgan fingerprint density at radius 3 is 2.87 bits per heavy atom. The molecule has 2 aromatic rings. The molecule has 1 N–H and O–H groups in total. The third-order valence-electron chi connectivity index (χ3n) is 4.35. The number of benzene rings is 1. The molecule has 1 aromatic heterocycles. The van der Waals surface area contributed by atoms with Gasteiger partial charge in [-0.25, -0.2) is 4.79 Å². The predicted molar refractivity (Wildman–Crippen MR) is 93.7 cm³/mol. The Hall–Kier alpha value is -2.07. The number of hydrogen-bond donors (Lipinski definition) is 1. The third kappa shape index (κ3) is 3.17. The molecule has 23 heavy (non-hydrogen) atoms. The number of nitrogens with zero attached hydrogens (tertiary/aromatic N) is 2. The molecule has 0 spiro atoms. The van der Waals surface area contributed by atoms with Crippen LogP contribution >= 0.6 is 11.6 Å². The molecular formula is C18H20ClN3O. The van der Waals surface area contributed by atoms with Gasteiger partial charge < -0.3 is 10.2 Å². The number of aromatic nitrogens is 1. The fraction of sp³-hybridized carbons (Fsp3) is 0.333. The number of carbonyl (C=O) groups is 1. The van der Waals surface area contributed by atoms with Gasteiger partial charge in [-0.1, -0.05) is 24.6 Å². The first-order chi connectivity index (χ1) is 11.1. The smallest absolute Gasteiger partial charge is 0.319 e. The predicted octanol–water partition coefficient (Wildman–Crippen LogP) is 4.81. The normalized spacial score (nSPS) is 20.0. The molecule has 1 aliphatic rings. The number of likely N-dealkylation sites (tertiary alicyclic amines) is 1. The molecule has 1 aromatic carbocycles. The molecule has 1 saturated heterocycles. The highest BCUT2D eigenvalue weighted by atomic mass is 35.5. The van der Waals surface area contributed by atoms with E-state index in [-0.39, 0.29) is 6.03 Å². The Kier molecular flexibility index (Phi) is 4.53. The van der Waals surface area contributed by atoms with Crippen LogP contribution in [0.5, 0.6) is 0 Å². The van der Waals surface area contributed by atoms with Gasteiger partial charge in [0, 0.05) is 29.5 Å². The van der Waals surface area contributed by atoms with Crippen LogP contribution in [0.25, 0.3) is 11.3 Å². The summed E-state index contributed by atoms with van der Waals surface area (Å²) in [4.78, 5) is 18.7. The average molecular weight is 330 g/mol. The van der Waals surface area contributed by atoms with E-state index in [9.17, 15) is 4.79 Å². The number of halogens is 1. The number of pyridine rings is 1. The lowest BCUT2D eigenvalue weighted by atomic mass is 9.93. The van der Waals surface area contributed by atoms with E-state index in [4.69, 9.17) is 11.6 Å². The van der Waals surface area contributed by atoms with Crippen molar-refractivity contribution in [1.82, 2.24) is 9.88 Å². The largest absolute Gasteiger partial charge is 0.322 e. The maximum Gasteiger partial charge on any atom is 0.322 e. The summed E-state index contributed by atoms with van der Waals surface area (Å²) in [5, 5.41) is 3.59. The van der Waals surface area contributed by atoms with Crippen molar-refractivity contribution in [1.29, 1.82) is 0 Å². The first-order valence-corrected chi connectivity index (χ1v) is 8.28. The van der Waals surface area contributed by atoms with E-state index < -0.39 is 0 Å². The second-order valence-electron chi connectivity index (χ2n) is 5.89. The second kappa shape index (κ2) is 6.59. The van der Waals surface area contributed by atoms with E-state index in [0.717, 1.165) is 29.8 Å². The van der Waals surface area contributed by atoms with Gasteiger partial charge in [0.15, 0.2) is 0 Å². The van der Waals surface area contributed by atoms with Crippen molar-refractivity contribution in [2.45, 2.75) is 38.8 Å². The van der Waals surface area contributed by atoms with Crippen LogP contribution in [-0.2, 0) is 0 Å². The van der Waals surface area contributed by atoms with Crippen molar-refractivity contribution >= 4 is 23.3 Å². The summed E-state index contributed by atoms with van der Waals surface area (Å²) >= 11 is 6.27. The summed E-state index contributed by atoms with van der Waals surface area (Å²) in [6.45, 7) is 4.19. The highest BCUT2D eigenvalue weighted by Crippen LogP contribution is 2.31. The molecule has 5 heteroatoms. The van der Waals surface area contributed by atoms with Crippen molar-refractivity contribution in [2.75, 3.05) is 5.32 Å². The number of carbonyl (C=O) groups excluding carboxylic acids is 1. The van der Waals surface area contributed by atoms with Crippen molar-refractivity contribution in [2.24, 2.45) is 0 Å². The van der Waals surface area contributed by atoms with Crippen LogP contribution < -0.4 is 5.32 Å². The minimum absolute atomic E-state index is 0.0510. The lowest BCUT2D eigenvalue weighted by molar-refractivity contribution is 0.0688. The van der Waals surface area contributed by atoms with Gasteiger partial charge in [-0.2, -0.15) is 0 Å². The molecule has 2 atom stereocenters. The topological polar surface area (TPSA) is 45.2 Å². The van der Waals surface area contributed by atoms with E-state index in [0.29, 0.717) is 17.1 Å². The van der Waals surface area contributed by atoms with Gasteiger partial charge in [0.25, 0.3) is 0 Å². The van der Waals surface area contributed by atoms with Gasteiger partial charge in [-0.3, -0.25) is 4.98 Å². The number of amides is 2. The van der Waals surface area contributed by atoms with Crippen LogP contribution in [0.15, 0.2) is 42.6 Å². The molecule has 3 rings (SSSR count). The van der Waals surface area contributed by atoms with E-state index >= 15 is 0 Å². The maximum atomic E-state index is 12.5. The van der Waals surface area contributed by atoms with Gasteiger partial charge >= 0.3 is 6.03 Å². The molecule has 2 unspecified atom stereocenters. The molecule has 2 amide bonds. The standard InChI is InChI=1S/C18H20ClN3O/c1-3-14-10-12(2)22(14)18(23)21-13-7-8-16(19)15(11-13)17-6-4-5-9-20-17/h4-9,11-12,14H,3,10H2,1-2H3,(H,21,23). The number of rotatable bonds is 3. The Morgan fingerprint density at radius 2 is 2.22 bits per heavy atom. The summed E-state index contributed by atoms with van der Waals surface area (Å²) in [6.07, 6.45) is 3.78. The van der Waals surface area contributed by atoms with Crippen LogP contribution in [0.1, 0.15) is 26.7 Å². The minimum atomic E-state index is -0.0510. The van der Waals surface area contributed by atoms with Crippen LogP contribution in [0.3, 0.4) is 0 Å². The number of hydrogen-bond acceptors (Lipinski definition) is 2. The molecule has 1 fully saturated rings. The lowest BCUT2D eigenvalue weighted by Crippen LogP contribution is -2.58. The fourth-order valence-electron chi connectivity index (χ4n) is 3.08. The molecule has 0 aliphatic carbocycles. The van der Waals surface area contributed by atoms with Gasteiger partial charge in [0.2, 0.25) is 0 Å². The monoisotopic (exact) mass is 329 g/mol. The first kappa shape index (κ1) is 15.8. The van der Waals surface area contributed by atoms with Crippen molar-refractivity contribution in [3.63, 3.8) is 0 Å². The Morgan fingerprint density at radius 1 is 1.39 bits per heavy atom. The summed E-state index contributed by atoms with van der Waals surface area (Å²) in [5.41, 5.74) is 2.33. The van der Waals surface area contributed by atoms with Gasteiger partial charge in [-0.15, -0.1) is 0 Å². The molecule has 2 heterocycles. The summed E-state index contributed by atoms with van der Waals surface area (Å²) in [5.74, 6) is 0. The van der Waals surface area contributed by atoms with Crippen LogP contribution in [0.4, 0.5) is 10.5 Å². The molecule has 0 saturated carbocycles. The van der Waals surface area contributed by atoms with E-state index in [2.05, 4.69) is 24.1 Å². The quantitative estimate of drug-likeness (QED) is 0.878. The molecule has 0 radical (unpaired) electrons. The molecule has 0 bridgehead atoms. The van der Waals surface area contributed by atoms with E-state index in [1.54, 1.807) is 12.3 Å². The van der Waals surface area contributed by atoms with Gasteiger partial charge in [0.05, 0.1) is 10.7 Å². The average Bonchev–Trinajstić information content (AvgIpc) is 2.54. The van der Waals surface area contributed by atoms with E-state index in [1.165, 1.54) is 0 Å². The number of nitrogens with one attached hydrogen (secondary N) is 1. The summed E-state index contributed by atoms with van der Waals surface area (Å²) in [7, 11) is 0. The summed E-state index contributed by atoms with van der Waals surface area (Å²) < 4.78 is 0. The first-order valence-electron chi connectivity index (χ1n) is 7.90. The van der Waals surface area contributed by atoms with Crippen LogP contribution in [0.2, 0.25) is 5.02 Å². The van der Waals surface area contributed by atoms with E-state index in [1.807, 2.05) is 35.2 Å².